The number of nitrogens with one attached hydrogen (secondary N) is 2. The molecule has 5 heteroatoms. The molecule has 0 aromatic heterocycles. The zero-order valence-corrected chi connectivity index (χ0v) is 16.9. The number of rotatable bonds is 10. The van der Waals surface area contributed by atoms with E-state index in [4.69, 9.17) is 4.74 Å². The number of amides is 2. The van der Waals surface area contributed by atoms with Crippen LogP contribution in [0.2, 0.25) is 0 Å². The molecule has 26 heavy (non-hydrogen) atoms. The molecule has 146 valence electrons. The number of benzene rings is 1. The van der Waals surface area contributed by atoms with Crippen molar-refractivity contribution < 1.29 is 14.3 Å². The molecule has 1 aromatic carbocycles. The third kappa shape index (κ3) is 7.89. The molecule has 0 heterocycles. The largest absolute Gasteiger partial charge is 0.493 e. The Bertz CT molecular complexity index is 597. The molecule has 5 nitrogen and oxygen atoms in total. The van der Waals surface area contributed by atoms with Gasteiger partial charge in [0.2, 0.25) is 11.8 Å². The summed E-state index contributed by atoms with van der Waals surface area (Å²) in [6.45, 7) is 10.5. The summed E-state index contributed by atoms with van der Waals surface area (Å²) in [5.74, 6) is 0.584. The average molecular weight is 363 g/mol. The zero-order chi connectivity index (χ0) is 19.6. The fraction of sp³-hybridized carbons (Fsp3) is 0.619. The molecular formula is C21H34N2O3. The molecule has 0 saturated carbocycles. The fourth-order valence-electron chi connectivity index (χ4n) is 2.57. The minimum Gasteiger partial charge on any atom is -0.493 e. The van der Waals surface area contributed by atoms with Crippen molar-refractivity contribution in [3.8, 4) is 5.75 Å². The van der Waals surface area contributed by atoms with Gasteiger partial charge in [0.05, 0.1) is 6.61 Å². The lowest BCUT2D eigenvalue weighted by atomic mass is 9.87. The molecule has 0 unspecified atom stereocenters. The highest BCUT2D eigenvalue weighted by Gasteiger charge is 2.27. The Morgan fingerprint density at radius 3 is 2.50 bits per heavy atom. The van der Waals surface area contributed by atoms with Crippen molar-refractivity contribution in [1.29, 1.82) is 0 Å². The first-order chi connectivity index (χ1) is 12.3. The van der Waals surface area contributed by atoms with Crippen LogP contribution in [-0.4, -0.2) is 18.4 Å². The second kappa shape index (κ2) is 10.8. The highest BCUT2D eigenvalue weighted by atomic mass is 16.5. The van der Waals surface area contributed by atoms with Crippen LogP contribution in [0.1, 0.15) is 70.4 Å². The summed E-state index contributed by atoms with van der Waals surface area (Å²) in [4.78, 5) is 24.0. The minimum absolute atomic E-state index is 0.138. The maximum Gasteiger partial charge on any atom is 0.244 e. The highest BCUT2D eigenvalue weighted by Crippen LogP contribution is 2.24. The zero-order valence-electron chi connectivity index (χ0n) is 16.9. The molecule has 0 saturated heterocycles. The van der Waals surface area contributed by atoms with Gasteiger partial charge in [0.25, 0.3) is 0 Å². The van der Waals surface area contributed by atoms with Crippen LogP contribution in [0.4, 0.5) is 0 Å². The lowest BCUT2D eigenvalue weighted by Crippen LogP contribution is -2.47. The molecule has 1 rings (SSSR count). The smallest absolute Gasteiger partial charge is 0.244 e. The Hall–Kier alpha value is -2.04. The Kier molecular flexibility index (Phi) is 9.17. The minimum atomic E-state index is -0.568. The van der Waals surface area contributed by atoms with Gasteiger partial charge in [-0.05, 0) is 50.3 Å². The molecular weight excluding hydrogens is 328 g/mol. The van der Waals surface area contributed by atoms with E-state index in [2.05, 4.69) is 23.8 Å². The summed E-state index contributed by atoms with van der Waals surface area (Å²) < 4.78 is 5.84. The van der Waals surface area contributed by atoms with Crippen LogP contribution >= 0.6 is 0 Å². The van der Waals surface area contributed by atoms with Gasteiger partial charge in [-0.15, -0.1) is 0 Å². The van der Waals surface area contributed by atoms with Gasteiger partial charge in [-0.1, -0.05) is 45.7 Å². The van der Waals surface area contributed by atoms with Crippen LogP contribution in [-0.2, 0) is 9.59 Å². The average Bonchev–Trinajstić information content (AvgIpc) is 2.59. The molecule has 0 aliphatic rings. The van der Waals surface area contributed by atoms with E-state index in [1.807, 2.05) is 39.8 Å². The first kappa shape index (κ1) is 22.0. The van der Waals surface area contributed by atoms with E-state index in [0.29, 0.717) is 19.4 Å². The quantitative estimate of drug-likeness (QED) is 0.484. The summed E-state index contributed by atoms with van der Waals surface area (Å²) in [5.41, 5.74) is 6.76. The number of unbranched alkanes of at least 4 members (excludes halogenated alkanes) is 2. The molecule has 0 radical (unpaired) electrons. The van der Waals surface area contributed by atoms with Crippen molar-refractivity contribution in [2.75, 3.05) is 6.61 Å². The fourth-order valence-corrected chi connectivity index (χ4v) is 2.57. The Labute approximate surface area is 157 Å². The molecule has 1 aromatic rings. The van der Waals surface area contributed by atoms with Crippen molar-refractivity contribution in [3.63, 3.8) is 0 Å². The van der Waals surface area contributed by atoms with Crippen LogP contribution < -0.4 is 15.6 Å². The number of hydrogen-bond acceptors (Lipinski definition) is 3. The van der Waals surface area contributed by atoms with E-state index in [0.717, 1.165) is 37.0 Å². The number of hydrogen-bond donors (Lipinski definition) is 2. The van der Waals surface area contributed by atoms with E-state index in [1.54, 1.807) is 0 Å². The maximum absolute atomic E-state index is 12.3. The SMILES string of the molecule is CCCCCC(=O)NNC(=O)C(C)(C)CCCOc1cc(C)ccc1C. The third-order valence-corrected chi connectivity index (χ3v) is 4.48. The molecule has 2 N–H and O–H groups in total. The van der Waals surface area contributed by atoms with E-state index in [-0.39, 0.29) is 11.8 Å². The van der Waals surface area contributed by atoms with Gasteiger partial charge in [0.1, 0.15) is 5.75 Å². The first-order valence-electron chi connectivity index (χ1n) is 9.55. The van der Waals surface area contributed by atoms with Crippen LogP contribution in [0, 0.1) is 19.3 Å². The van der Waals surface area contributed by atoms with Gasteiger partial charge < -0.3 is 4.74 Å². The summed E-state index contributed by atoms with van der Waals surface area (Å²) >= 11 is 0. The van der Waals surface area contributed by atoms with E-state index < -0.39 is 5.41 Å². The first-order valence-corrected chi connectivity index (χ1v) is 9.55. The molecule has 0 fully saturated rings. The number of hydrazine groups is 1. The predicted octanol–water partition coefficient (Wildman–Crippen LogP) is 4.22. The van der Waals surface area contributed by atoms with Crippen molar-refractivity contribution >= 4 is 11.8 Å². The standard InChI is InChI=1S/C21H34N2O3/c1-6-7-8-10-19(24)22-23-20(25)21(4,5)13-9-14-26-18-15-16(2)11-12-17(18)3/h11-12,15H,6-10,13-14H2,1-5H3,(H,22,24)(H,23,25). The van der Waals surface area contributed by atoms with Crippen LogP contribution in [0.5, 0.6) is 5.75 Å². The van der Waals surface area contributed by atoms with Crippen molar-refractivity contribution in [3.05, 3.63) is 29.3 Å². The number of carbonyl (C=O) groups is 2. The Balaban J connectivity index is 2.32. The normalized spacial score (nSPS) is 11.1. The van der Waals surface area contributed by atoms with E-state index >= 15 is 0 Å². The summed E-state index contributed by atoms with van der Waals surface area (Å²) in [7, 11) is 0. The predicted molar refractivity (Wildman–Crippen MR) is 105 cm³/mol. The number of ether oxygens (including phenoxy) is 1. The maximum atomic E-state index is 12.3. The van der Waals surface area contributed by atoms with E-state index in [9.17, 15) is 9.59 Å². The number of aryl methyl sites for hydroxylation is 2. The molecule has 0 aliphatic heterocycles. The lowest BCUT2D eigenvalue weighted by Gasteiger charge is -2.23. The van der Waals surface area contributed by atoms with Crippen LogP contribution in [0.15, 0.2) is 18.2 Å². The monoisotopic (exact) mass is 362 g/mol. The second-order valence-electron chi connectivity index (χ2n) is 7.56. The Morgan fingerprint density at radius 1 is 1.08 bits per heavy atom. The van der Waals surface area contributed by atoms with Crippen molar-refractivity contribution in [1.82, 2.24) is 10.9 Å². The highest BCUT2D eigenvalue weighted by molar-refractivity contribution is 5.85. The molecule has 0 spiro atoms. The summed E-state index contributed by atoms with van der Waals surface area (Å²) in [6.07, 6.45) is 4.81. The van der Waals surface area contributed by atoms with Gasteiger partial charge in [0, 0.05) is 11.8 Å². The molecule has 2 amide bonds. The van der Waals surface area contributed by atoms with Crippen molar-refractivity contribution in [2.45, 2.75) is 73.1 Å². The van der Waals surface area contributed by atoms with Gasteiger partial charge in [-0.2, -0.15) is 0 Å². The van der Waals surface area contributed by atoms with Crippen molar-refractivity contribution in [2.24, 2.45) is 5.41 Å². The van der Waals surface area contributed by atoms with Gasteiger partial charge in [-0.3, -0.25) is 20.4 Å². The summed E-state index contributed by atoms with van der Waals surface area (Å²) in [6, 6.07) is 6.14. The lowest BCUT2D eigenvalue weighted by molar-refractivity contribution is -0.134. The summed E-state index contributed by atoms with van der Waals surface area (Å²) in [5, 5.41) is 0. The Morgan fingerprint density at radius 2 is 1.81 bits per heavy atom. The van der Waals surface area contributed by atoms with Gasteiger partial charge >= 0.3 is 0 Å². The third-order valence-electron chi connectivity index (χ3n) is 4.48. The second-order valence-corrected chi connectivity index (χ2v) is 7.56. The molecule has 0 bridgehead atoms. The van der Waals surface area contributed by atoms with Crippen LogP contribution in [0.3, 0.4) is 0 Å². The van der Waals surface area contributed by atoms with Gasteiger partial charge in [-0.25, -0.2) is 0 Å². The van der Waals surface area contributed by atoms with Gasteiger partial charge in [0.15, 0.2) is 0 Å². The topological polar surface area (TPSA) is 67.4 Å². The number of carbonyl (C=O) groups excluding carboxylic acids is 2. The van der Waals surface area contributed by atoms with Crippen LogP contribution in [0.25, 0.3) is 0 Å². The molecule has 0 atom stereocenters. The molecule has 0 aliphatic carbocycles. The van der Waals surface area contributed by atoms with E-state index in [1.165, 1.54) is 5.56 Å².